The first-order chi connectivity index (χ1) is 10.6. The SMILES string of the molecule is COC(=O)CC(C)NC(=O)c1ccc(-c2ccccc2)cc1. The molecule has 0 aromatic heterocycles. The summed E-state index contributed by atoms with van der Waals surface area (Å²) in [5.74, 6) is -0.539. The van der Waals surface area contributed by atoms with Crippen LogP contribution in [0.3, 0.4) is 0 Å². The van der Waals surface area contributed by atoms with Crippen LogP contribution >= 0.6 is 0 Å². The van der Waals surface area contributed by atoms with Crippen molar-refractivity contribution in [2.45, 2.75) is 19.4 Å². The number of hydrogen-bond acceptors (Lipinski definition) is 3. The summed E-state index contributed by atoms with van der Waals surface area (Å²) in [4.78, 5) is 23.3. The zero-order valence-corrected chi connectivity index (χ0v) is 12.7. The molecule has 1 unspecified atom stereocenters. The van der Waals surface area contributed by atoms with E-state index in [9.17, 15) is 9.59 Å². The molecule has 0 aliphatic heterocycles. The van der Waals surface area contributed by atoms with Gasteiger partial charge >= 0.3 is 5.97 Å². The van der Waals surface area contributed by atoms with Gasteiger partial charge in [0, 0.05) is 11.6 Å². The van der Waals surface area contributed by atoms with Crippen molar-refractivity contribution in [3.8, 4) is 11.1 Å². The summed E-state index contributed by atoms with van der Waals surface area (Å²) in [5.41, 5.74) is 2.73. The Morgan fingerprint density at radius 3 is 2.18 bits per heavy atom. The van der Waals surface area contributed by atoms with Gasteiger partial charge in [-0.05, 0) is 30.2 Å². The number of hydrogen-bond donors (Lipinski definition) is 1. The van der Waals surface area contributed by atoms with Crippen LogP contribution in [-0.2, 0) is 9.53 Å². The lowest BCUT2D eigenvalue weighted by Crippen LogP contribution is -2.34. The van der Waals surface area contributed by atoms with E-state index in [-0.39, 0.29) is 24.3 Å². The van der Waals surface area contributed by atoms with Crippen LogP contribution < -0.4 is 5.32 Å². The van der Waals surface area contributed by atoms with E-state index in [1.54, 1.807) is 19.1 Å². The molecule has 0 fully saturated rings. The maximum atomic E-state index is 12.1. The summed E-state index contributed by atoms with van der Waals surface area (Å²) >= 11 is 0. The van der Waals surface area contributed by atoms with Crippen LogP contribution in [0.25, 0.3) is 11.1 Å². The Hall–Kier alpha value is -2.62. The first-order valence-corrected chi connectivity index (χ1v) is 7.13. The number of carbonyl (C=O) groups excluding carboxylic acids is 2. The van der Waals surface area contributed by atoms with Gasteiger partial charge < -0.3 is 10.1 Å². The van der Waals surface area contributed by atoms with Gasteiger partial charge in [0.05, 0.1) is 13.5 Å². The minimum atomic E-state index is -0.341. The molecule has 22 heavy (non-hydrogen) atoms. The van der Waals surface area contributed by atoms with Gasteiger partial charge in [0.1, 0.15) is 0 Å². The highest BCUT2D eigenvalue weighted by molar-refractivity contribution is 5.95. The van der Waals surface area contributed by atoms with Crippen molar-refractivity contribution in [3.63, 3.8) is 0 Å². The number of benzene rings is 2. The third-order valence-corrected chi connectivity index (χ3v) is 3.33. The summed E-state index contributed by atoms with van der Waals surface area (Å²) < 4.78 is 4.58. The molecule has 0 radical (unpaired) electrons. The minimum Gasteiger partial charge on any atom is -0.469 e. The smallest absolute Gasteiger partial charge is 0.307 e. The van der Waals surface area contributed by atoms with E-state index in [0.717, 1.165) is 11.1 Å². The third kappa shape index (κ3) is 4.19. The molecule has 0 saturated heterocycles. The normalized spacial score (nSPS) is 11.5. The second-order valence-corrected chi connectivity index (χ2v) is 5.10. The highest BCUT2D eigenvalue weighted by Crippen LogP contribution is 2.19. The minimum absolute atomic E-state index is 0.157. The molecule has 0 spiro atoms. The van der Waals surface area contributed by atoms with Crippen molar-refractivity contribution < 1.29 is 14.3 Å². The van der Waals surface area contributed by atoms with Crippen LogP contribution in [-0.4, -0.2) is 25.0 Å². The van der Waals surface area contributed by atoms with Crippen LogP contribution in [0.15, 0.2) is 54.6 Å². The summed E-state index contributed by atoms with van der Waals surface area (Å²) in [6.45, 7) is 1.77. The largest absolute Gasteiger partial charge is 0.469 e. The first-order valence-electron chi connectivity index (χ1n) is 7.13. The molecule has 2 aromatic rings. The van der Waals surface area contributed by atoms with Gasteiger partial charge in [0.2, 0.25) is 0 Å². The summed E-state index contributed by atoms with van der Waals surface area (Å²) in [6, 6.07) is 17.1. The quantitative estimate of drug-likeness (QED) is 0.863. The number of nitrogens with one attached hydrogen (secondary N) is 1. The second-order valence-electron chi connectivity index (χ2n) is 5.10. The molecular weight excluding hydrogens is 278 g/mol. The second kappa shape index (κ2) is 7.41. The lowest BCUT2D eigenvalue weighted by molar-refractivity contribution is -0.141. The molecule has 1 amide bonds. The Morgan fingerprint density at radius 2 is 1.59 bits per heavy atom. The van der Waals surface area contributed by atoms with Gasteiger partial charge in [-0.3, -0.25) is 9.59 Å². The highest BCUT2D eigenvalue weighted by atomic mass is 16.5. The molecule has 2 rings (SSSR count). The standard InChI is InChI=1S/C18H19NO3/c1-13(12-17(20)22-2)19-18(21)16-10-8-15(9-11-16)14-6-4-3-5-7-14/h3-11,13H,12H2,1-2H3,(H,19,21). The molecule has 0 bridgehead atoms. The van der Waals surface area contributed by atoms with Crippen molar-refractivity contribution in [3.05, 3.63) is 60.2 Å². The molecule has 4 nitrogen and oxygen atoms in total. The Kier molecular flexibility index (Phi) is 5.31. The molecule has 0 aliphatic carbocycles. The molecule has 0 aliphatic rings. The first kappa shape index (κ1) is 15.8. The van der Waals surface area contributed by atoms with E-state index in [1.807, 2.05) is 42.5 Å². The molecule has 0 heterocycles. The van der Waals surface area contributed by atoms with E-state index in [1.165, 1.54) is 7.11 Å². The molecule has 114 valence electrons. The van der Waals surface area contributed by atoms with Gasteiger partial charge in [0.25, 0.3) is 5.91 Å². The van der Waals surface area contributed by atoms with Crippen LogP contribution in [0.1, 0.15) is 23.7 Å². The van der Waals surface area contributed by atoms with Gasteiger partial charge in [0.15, 0.2) is 0 Å². The Bertz CT molecular complexity index is 635. The average Bonchev–Trinajstić information content (AvgIpc) is 2.55. The summed E-state index contributed by atoms with van der Waals surface area (Å²) in [6.07, 6.45) is 0.157. The molecule has 0 saturated carbocycles. The van der Waals surface area contributed by atoms with Crippen molar-refractivity contribution in [2.75, 3.05) is 7.11 Å². The van der Waals surface area contributed by atoms with E-state index in [0.29, 0.717) is 5.56 Å². The fourth-order valence-corrected chi connectivity index (χ4v) is 2.14. The number of esters is 1. The predicted molar refractivity (Wildman–Crippen MR) is 85.4 cm³/mol. The Labute approximate surface area is 130 Å². The zero-order chi connectivity index (χ0) is 15.9. The maximum absolute atomic E-state index is 12.1. The van der Waals surface area contributed by atoms with E-state index in [4.69, 9.17) is 0 Å². The van der Waals surface area contributed by atoms with Crippen LogP contribution in [0.5, 0.6) is 0 Å². The van der Waals surface area contributed by atoms with Gasteiger partial charge in [-0.25, -0.2) is 0 Å². The molecule has 2 aromatic carbocycles. The third-order valence-electron chi connectivity index (χ3n) is 3.33. The highest BCUT2D eigenvalue weighted by Gasteiger charge is 2.13. The number of rotatable bonds is 5. The van der Waals surface area contributed by atoms with Gasteiger partial charge in [-0.2, -0.15) is 0 Å². The monoisotopic (exact) mass is 297 g/mol. The van der Waals surface area contributed by atoms with Crippen LogP contribution in [0.4, 0.5) is 0 Å². The molecule has 4 heteroatoms. The lowest BCUT2D eigenvalue weighted by atomic mass is 10.0. The number of carbonyl (C=O) groups is 2. The van der Waals surface area contributed by atoms with Gasteiger partial charge in [-0.1, -0.05) is 42.5 Å². The van der Waals surface area contributed by atoms with Crippen molar-refractivity contribution in [1.29, 1.82) is 0 Å². The molecule has 1 N–H and O–H groups in total. The van der Waals surface area contributed by atoms with Crippen molar-refractivity contribution >= 4 is 11.9 Å². The van der Waals surface area contributed by atoms with Crippen LogP contribution in [0.2, 0.25) is 0 Å². The van der Waals surface area contributed by atoms with Crippen molar-refractivity contribution in [1.82, 2.24) is 5.32 Å². The van der Waals surface area contributed by atoms with E-state index in [2.05, 4.69) is 10.1 Å². The average molecular weight is 297 g/mol. The number of ether oxygens (including phenoxy) is 1. The fourth-order valence-electron chi connectivity index (χ4n) is 2.14. The molecular formula is C18H19NO3. The zero-order valence-electron chi connectivity index (χ0n) is 12.7. The number of amides is 1. The number of methoxy groups -OCH3 is 1. The fraction of sp³-hybridized carbons (Fsp3) is 0.222. The summed E-state index contributed by atoms with van der Waals surface area (Å²) in [7, 11) is 1.33. The molecule has 1 atom stereocenters. The van der Waals surface area contributed by atoms with Crippen LogP contribution in [0, 0.1) is 0 Å². The Morgan fingerprint density at radius 1 is 1.00 bits per heavy atom. The predicted octanol–water partition coefficient (Wildman–Crippen LogP) is 3.04. The van der Waals surface area contributed by atoms with Gasteiger partial charge in [-0.15, -0.1) is 0 Å². The maximum Gasteiger partial charge on any atom is 0.307 e. The summed E-state index contributed by atoms with van der Waals surface area (Å²) in [5, 5.41) is 2.78. The lowest BCUT2D eigenvalue weighted by Gasteiger charge is -2.12. The Balaban J connectivity index is 2.01. The van der Waals surface area contributed by atoms with E-state index >= 15 is 0 Å². The topological polar surface area (TPSA) is 55.4 Å². The van der Waals surface area contributed by atoms with E-state index < -0.39 is 0 Å². The van der Waals surface area contributed by atoms with Crippen molar-refractivity contribution in [2.24, 2.45) is 0 Å².